The molecule has 0 bridgehead atoms. The Kier molecular flexibility index (Phi) is 7.15. The largest absolute Gasteiger partial charge is 0.339 e. The van der Waals surface area contributed by atoms with Crippen LogP contribution in [0.1, 0.15) is 40.5 Å². The van der Waals surface area contributed by atoms with Crippen LogP contribution in [0.25, 0.3) is 11.1 Å². The van der Waals surface area contributed by atoms with Crippen molar-refractivity contribution < 1.29 is 9.59 Å². The van der Waals surface area contributed by atoms with E-state index in [4.69, 9.17) is 12.2 Å². The number of nitrogens with zero attached hydrogens (tertiary/aromatic N) is 1. The van der Waals surface area contributed by atoms with Crippen molar-refractivity contribution in [3.05, 3.63) is 90.0 Å². The van der Waals surface area contributed by atoms with Crippen LogP contribution in [-0.2, 0) is 0 Å². The van der Waals surface area contributed by atoms with Crippen molar-refractivity contribution in [2.24, 2.45) is 5.92 Å². The van der Waals surface area contributed by atoms with Gasteiger partial charge in [-0.1, -0.05) is 49.4 Å². The summed E-state index contributed by atoms with van der Waals surface area (Å²) < 4.78 is 0. The molecule has 0 aliphatic carbocycles. The molecular formula is C27H27N3O2S. The highest BCUT2D eigenvalue weighted by Crippen LogP contribution is 2.20. The molecule has 0 unspecified atom stereocenters. The third kappa shape index (κ3) is 5.84. The van der Waals surface area contributed by atoms with Gasteiger partial charge in [-0.25, -0.2) is 0 Å². The SMILES string of the molecule is CC1CCN(C(=O)c2ccc(NC(=S)NC(=O)c3ccc(-c4ccccc4)cc3)cc2)CC1. The summed E-state index contributed by atoms with van der Waals surface area (Å²) in [6.45, 7) is 3.84. The fourth-order valence-electron chi connectivity index (χ4n) is 3.87. The Labute approximate surface area is 199 Å². The van der Waals surface area contributed by atoms with Gasteiger partial charge in [-0.05, 0) is 78.5 Å². The lowest BCUT2D eigenvalue weighted by molar-refractivity contribution is 0.0697. The van der Waals surface area contributed by atoms with Gasteiger partial charge in [0.05, 0.1) is 0 Å². The maximum atomic E-state index is 12.7. The molecule has 0 saturated carbocycles. The summed E-state index contributed by atoms with van der Waals surface area (Å²) in [5.41, 5.74) is 4.03. The second-order valence-corrected chi connectivity index (χ2v) is 8.81. The van der Waals surface area contributed by atoms with Gasteiger partial charge < -0.3 is 10.2 Å². The highest BCUT2D eigenvalue weighted by atomic mass is 32.1. The zero-order chi connectivity index (χ0) is 23.2. The summed E-state index contributed by atoms with van der Waals surface area (Å²) in [6.07, 6.45) is 2.10. The highest BCUT2D eigenvalue weighted by molar-refractivity contribution is 7.80. The number of likely N-dealkylation sites (tertiary alicyclic amines) is 1. The molecule has 2 N–H and O–H groups in total. The van der Waals surface area contributed by atoms with Crippen LogP contribution < -0.4 is 10.6 Å². The van der Waals surface area contributed by atoms with Gasteiger partial charge in [0.2, 0.25) is 0 Å². The zero-order valence-electron chi connectivity index (χ0n) is 18.6. The Morgan fingerprint density at radius 3 is 2.03 bits per heavy atom. The summed E-state index contributed by atoms with van der Waals surface area (Å²) in [5.74, 6) is 0.458. The number of hydrogen-bond donors (Lipinski definition) is 2. The molecule has 5 nitrogen and oxygen atoms in total. The Bertz CT molecular complexity index is 1120. The first-order chi connectivity index (χ1) is 16.0. The van der Waals surface area contributed by atoms with E-state index in [0.717, 1.165) is 37.1 Å². The monoisotopic (exact) mass is 457 g/mol. The normalized spacial score (nSPS) is 13.9. The smallest absolute Gasteiger partial charge is 0.257 e. The molecule has 2 amide bonds. The average molecular weight is 458 g/mol. The van der Waals surface area contributed by atoms with Crippen LogP contribution in [0, 0.1) is 5.92 Å². The fourth-order valence-corrected chi connectivity index (χ4v) is 4.08. The number of amides is 2. The molecule has 0 spiro atoms. The Morgan fingerprint density at radius 2 is 1.39 bits per heavy atom. The topological polar surface area (TPSA) is 61.4 Å². The maximum absolute atomic E-state index is 12.7. The summed E-state index contributed by atoms with van der Waals surface area (Å²) in [5, 5.41) is 5.91. The van der Waals surface area contributed by atoms with Crippen molar-refractivity contribution >= 4 is 34.8 Å². The molecule has 1 aliphatic heterocycles. The molecule has 1 aliphatic rings. The third-order valence-corrected chi connectivity index (χ3v) is 6.15. The molecule has 33 heavy (non-hydrogen) atoms. The second kappa shape index (κ2) is 10.4. The van der Waals surface area contributed by atoms with Crippen molar-refractivity contribution in [1.82, 2.24) is 10.2 Å². The maximum Gasteiger partial charge on any atom is 0.257 e. The summed E-state index contributed by atoms with van der Waals surface area (Å²) >= 11 is 5.29. The average Bonchev–Trinajstić information content (AvgIpc) is 2.85. The minimum absolute atomic E-state index is 0.0586. The van der Waals surface area contributed by atoms with E-state index in [9.17, 15) is 9.59 Å². The Morgan fingerprint density at radius 1 is 0.818 bits per heavy atom. The standard InChI is InChI=1S/C27H27N3O2S/c1-19-15-17-30(18-16-19)26(32)23-11-13-24(14-12-23)28-27(33)29-25(31)22-9-7-21(8-10-22)20-5-3-2-4-6-20/h2-14,19H,15-18H2,1H3,(H2,28,29,31,33). The van der Waals surface area contributed by atoms with E-state index in [2.05, 4.69) is 17.6 Å². The molecule has 3 aromatic carbocycles. The van der Waals surface area contributed by atoms with E-state index < -0.39 is 0 Å². The van der Waals surface area contributed by atoms with Gasteiger partial charge in [0.15, 0.2) is 5.11 Å². The molecule has 1 fully saturated rings. The van der Waals surface area contributed by atoms with Gasteiger partial charge in [0.25, 0.3) is 11.8 Å². The number of carbonyl (C=O) groups excluding carboxylic acids is 2. The third-order valence-electron chi connectivity index (χ3n) is 5.94. The Balaban J connectivity index is 1.31. The number of hydrogen-bond acceptors (Lipinski definition) is 3. The molecule has 3 aromatic rings. The number of nitrogens with one attached hydrogen (secondary N) is 2. The molecule has 0 aromatic heterocycles. The number of thiocarbonyl (C=S) groups is 1. The van der Waals surface area contributed by atoms with E-state index in [0.29, 0.717) is 22.7 Å². The van der Waals surface area contributed by atoms with Crippen LogP contribution >= 0.6 is 12.2 Å². The van der Waals surface area contributed by atoms with E-state index in [1.54, 1.807) is 36.4 Å². The summed E-state index contributed by atoms with van der Waals surface area (Å²) in [6, 6.07) is 24.6. The van der Waals surface area contributed by atoms with Crippen molar-refractivity contribution in [1.29, 1.82) is 0 Å². The number of anilines is 1. The van der Waals surface area contributed by atoms with Gasteiger partial charge in [-0.3, -0.25) is 14.9 Å². The fraction of sp³-hybridized carbons (Fsp3) is 0.222. The highest BCUT2D eigenvalue weighted by Gasteiger charge is 2.21. The van der Waals surface area contributed by atoms with Crippen LogP contribution in [0.2, 0.25) is 0 Å². The van der Waals surface area contributed by atoms with Crippen molar-refractivity contribution in [3.63, 3.8) is 0 Å². The van der Waals surface area contributed by atoms with Crippen molar-refractivity contribution in [2.75, 3.05) is 18.4 Å². The molecule has 168 valence electrons. The van der Waals surface area contributed by atoms with Gasteiger partial charge in [0, 0.05) is 29.9 Å². The Hall–Kier alpha value is -3.51. The predicted molar refractivity (Wildman–Crippen MR) is 136 cm³/mol. The van der Waals surface area contributed by atoms with Crippen LogP contribution in [-0.4, -0.2) is 34.9 Å². The van der Waals surface area contributed by atoms with Crippen LogP contribution in [0.3, 0.4) is 0 Å². The number of carbonyl (C=O) groups is 2. The molecule has 1 saturated heterocycles. The van der Waals surface area contributed by atoms with E-state index in [1.807, 2.05) is 47.4 Å². The van der Waals surface area contributed by atoms with Crippen LogP contribution in [0.5, 0.6) is 0 Å². The van der Waals surface area contributed by atoms with Crippen molar-refractivity contribution in [3.8, 4) is 11.1 Å². The first kappa shape index (κ1) is 22.7. The molecular weight excluding hydrogens is 430 g/mol. The number of benzene rings is 3. The van der Waals surface area contributed by atoms with Gasteiger partial charge in [-0.15, -0.1) is 0 Å². The molecule has 6 heteroatoms. The zero-order valence-corrected chi connectivity index (χ0v) is 19.4. The quantitative estimate of drug-likeness (QED) is 0.518. The molecule has 1 heterocycles. The summed E-state index contributed by atoms with van der Waals surface area (Å²) in [7, 11) is 0. The molecule has 4 rings (SSSR count). The molecule has 0 radical (unpaired) electrons. The van der Waals surface area contributed by atoms with E-state index >= 15 is 0 Å². The van der Waals surface area contributed by atoms with Crippen LogP contribution in [0.4, 0.5) is 5.69 Å². The minimum atomic E-state index is -0.279. The first-order valence-corrected chi connectivity index (χ1v) is 11.6. The lowest BCUT2D eigenvalue weighted by Crippen LogP contribution is -2.37. The lowest BCUT2D eigenvalue weighted by Gasteiger charge is -2.30. The first-order valence-electron chi connectivity index (χ1n) is 11.2. The lowest BCUT2D eigenvalue weighted by atomic mass is 9.98. The van der Waals surface area contributed by atoms with Crippen molar-refractivity contribution in [2.45, 2.75) is 19.8 Å². The van der Waals surface area contributed by atoms with E-state index in [-0.39, 0.29) is 16.9 Å². The number of rotatable bonds is 4. The van der Waals surface area contributed by atoms with Crippen LogP contribution in [0.15, 0.2) is 78.9 Å². The van der Waals surface area contributed by atoms with Gasteiger partial charge >= 0.3 is 0 Å². The second-order valence-electron chi connectivity index (χ2n) is 8.40. The molecule has 0 atom stereocenters. The number of piperidine rings is 1. The van der Waals surface area contributed by atoms with E-state index in [1.165, 1.54) is 0 Å². The predicted octanol–water partition coefficient (Wildman–Crippen LogP) is 5.35. The van der Waals surface area contributed by atoms with Gasteiger partial charge in [-0.2, -0.15) is 0 Å². The summed E-state index contributed by atoms with van der Waals surface area (Å²) in [4.78, 5) is 27.1. The minimum Gasteiger partial charge on any atom is -0.339 e. The van der Waals surface area contributed by atoms with Gasteiger partial charge in [0.1, 0.15) is 0 Å².